The zero-order valence-electron chi connectivity index (χ0n) is 12.0. The van der Waals surface area contributed by atoms with Gasteiger partial charge in [-0.05, 0) is 63.0 Å². The molecule has 1 aromatic rings. The Morgan fingerprint density at radius 3 is 3.16 bits per heavy atom. The van der Waals surface area contributed by atoms with Crippen molar-refractivity contribution in [1.29, 1.82) is 0 Å². The van der Waals surface area contributed by atoms with Gasteiger partial charge in [0.05, 0.1) is 0 Å². The lowest BCUT2D eigenvalue weighted by Crippen LogP contribution is -2.49. The molecule has 0 spiro atoms. The number of nitrogens with one attached hydrogen (secondary N) is 1. The van der Waals surface area contributed by atoms with E-state index in [4.69, 9.17) is 4.74 Å². The van der Waals surface area contributed by atoms with E-state index in [9.17, 15) is 0 Å². The summed E-state index contributed by atoms with van der Waals surface area (Å²) in [6, 6.07) is 6.47. The summed E-state index contributed by atoms with van der Waals surface area (Å²) >= 11 is 0. The molecule has 0 radical (unpaired) electrons. The summed E-state index contributed by atoms with van der Waals surface area (Å²) < 4.78 is 6.33. The van der Waals surface area contributed by atoms with Crippen LogP contribution in [0.15, 0.2) is 18.2 Å². The molecule has 1 unspecified atom stereocenters. The van der Waals surface area contributed by atoms with Gasteiger partial charge in [-0.25, -0.2) is 0 Å². The first-order valence-electron chi connectivity index (χ1n) is 7.47. The van der Waals surface area contributed by atoms with Crippen LogP contribution in [-0.4, -0.2) is 36.7 Å². The summed E-state index contributed by atoms with van der Waals surface area (Å²) in [5, 5.41) is 3.39. The van der Waals surface area contributed by atoms with Gasteiger partial charge in [0, 0.05) is 18.8 Å². The summed E-state index contributed by atoms with van der Waals surface area (Å²) in [4.78, 5) is 2.48. The second kappa shape index (κ2) is 5.04. The number of ether oxygens (including phenoxy) is 1. The molecule has 1 saturated heterocycles. The molecule has 3 rings (SSSR count). The molecule has 1 N–H and O–H groups in total. The molecule has 0 saturated carbocycles. The van der Waals surface area contributed by atoms with Gasteiger partial charge in [-0.1, -0.05) is 6.92 Å². The molecule has 0 amide bonds. The summed E-state index contributed by atoms with van der Waals surface area (Å²) in [6.45, 7) is 8.90. The maximum absolute atomic E-state index is 6.33. The minimum atomic E-state index is -0.0332. The highest BCUT2D eigenvalue weighted by Gasteiger charge is 2.32. The van der Waals surface area contributed by atoms with E-state index < -0.39 is 0 Å². The van der Waals surface area contributed by atoms with Crippen LogP contribution in [-0.2, 0) is 6.42 Å². The lowest BCUT2D eigenvalue weighted by molar-refractivity contribution is 0.00785. The minimum Gasteiger partial charge on any atom is -0.486 e. The zero-order chi connectivity index (χ0) is 13.3. The smallest absolute Gasteiger partial charge is 0.120 e. The van der Waals surface area contributed by atoms with Crippen LogP contribution in [0.3, 0.4) is 0 Å². The molecule has 2 aliphatic rings. The van der Waals surface area contributed by atoms with E-state index in [1.165, 1.54) is 24.2 Å². The molecule has 19 heavy (non-hydrogen) atoms. The van der Waals surface area contributed by atoms with Gasteiger partial charge in [0.1, 0.15) is 11.4 Å². The van der Waals surface area contributed by atoms with E-state index in [-0.39, 0.29) is 5.60 Å². The fourth-order valence-corrected chi connectivity index (χ4v) is 3.29. The van der Waals surface area contributed by atoms with Crippen molar-refractivity contribution in [3.63, 3.8) is 0 Å². The second-order valence-electron chi connectivity index (χ2n) is 6.02. The van der Waals surface area contributed by atoms with Gasteiger partial charge in [-0.3, -0.25) is 4.90 Å². The van der Waals surface area contributed by atoms with Gasteiger partial charge in [0.15, 0.2) is 0 Å². The summed E-state index contributed by atoms with van der Waals surface area (Å²) in [6.07, 6.45) is 3.50. The quantitative estimate of drug-likeness (QED) is 0.904. The Morgan fingerprint density at radius 2 is 2.32 bits per heavy atom. The third-order valence-corrected chi connectivity index (χ3v) is 4.34. The van der Waals surface area contributed by atoms with Crippen molar-refractivity contribution in [3.8, 4) is 5.75 Å². The number of likely N-dealkylation sites (tertiary alicyclic amines) is 1. The van der Waals surface area contributed by atoms with Gasteiger partial charge >= 0.3 is 0 Å². The molecule has 0 bridgehead atoms. The van der Waals surface area contributed by atoms with Gasteiger partial charge in [0.25, 0.3) is 0 Å². The molecule has 1 atom stereocenters. The van der Waals surface area contributed by atoms with E-state index >= 15 is 0 Å². The summed E-state index contributed by atoms with van der Waals surface area (Å²) in [5.41, 5.74) is 2.63. The predicted molar refractivity (Wildman–Crippen MR) is 79.0 cm³/mol. The summed E-state index contributed by atoms with van der Waals surface area (Å²) in [5.74, 6) is 1.03. The van der Waals surface area contributed by atoms with Gasteiger partial charge in [-0.15, -0.1) is 0 Å². The number of benzene rings is 1. The first-order chi connectivity index (χ1) is 9.18. The molecule has 1 fully saturated rings. The van der Waals surface area contributed by atoms with Crippen LogP contribution in [0.25, 0.3) is 0 Å². The van der Waals surface area contributed by atoms with E-state index in [0.717, 1.165) is 38.2 Å². The van der Waals surface area contributed by atoms with Crippen LogP contribution in [0, 0.1) is 0 Å². The van der Waals surface area contributed by atoms with Crippen molar-refractivity contribution in [3.05, 3.63) is 23.8 Å². The Hall–Kier alpha value is -1.22. The van der Waals surface area contributed by atoms with Crippen LogP contribution >= 0.6 is 0 Å². The average molecular weight is 260 g/mol. The molecule has 3 heteroatoms. The van der Waals surface area contributed by atoms with Crippen molar-refractivity contribution in [2.45, 2.75) is 38.7 Å². The lowest BCUT2D eigenvalue weighted by Gasteiger charge is -2.40. The topological polar surface area (TPSA) is 24.5 Å². The van der Waals surface area contributed by atoms with Gasteiger partial charge < -0.3 is 10.1 Å². The van der Waals surface area contributed by atoms with Crippen LogP contribution < -0.4 is 10.1 Å². The molecule has 2 heterocycles. The summed E-state index contributed by atoms with van der Waals surface area (Å²) in [7, 11) is 0. The molecule has 2 aliphatic heterocycles. The standard InChI is InChI=1S/C16H24N2O/c1-3-18-10-4-8-16(2,12-18)19-14-5-6-15-13(11-14)7-9-17-15/h5-6,11,17H,3-4,7-10,12H2,1-2H3. The number of likely N-dealkylation sites (N-methyl/N-ethyl adjacent to an activating group) is 1. The Morgan fingerprint density at radius 1 is 1.42 bits per heavy atom. The van der Waals surface area contributed by atoms with E-state index in [1.807, 2.05) is 0 Å². The average Bonchev–Trinajstić information content (AvgIpc) is 2.85. The third kappa shape index (κ3) is 2.71. The normalized spacial score (nSPS) is 26.8. The monoisotopic (exact) mass is 260 g/mol. The van der Waals surface area contributed by atoms with Crippen molar-refractivity contribution in [1.82, 2.24) is 4.90 Å². The van der Waals surface area contributed by atoms with E-state index in [2.05, 4.69) is 42.3 Å². The maximum atomic E-state index is 6.33. The van der Waals surface area contributed by atoms with Crippen LogP contribution in [0.1, 0.15) is 32.3 Å². The first-order valence-corrected chi connectivity index (χ1v) is 7.47. The van der Waals surface area contributed by atoms with Crippen LogP contribution in [0.4, 0.5) is 5.69 Å². The predicted octanol–water partition coefficient (Wildman–Crippen LogP) is 2.91. The molecule has 104 valence electrons. The Balaban J connectivity index is 1.73. The first kappa shape index (κ1) is 12.8. The Bertz CT molecular complexity index is 460. The second-order valence-corrected chi connectivity index (χ2v) is 6.02. The fourth-order valence-electron chi connectivity index (χ4n) is 3.29. The van der Waals surface area contributed by atoms with E-state index in [0.29, 0.717) is 0 Å². The minimum absolute atomic E-state index is 0.0332. The Kier molecular flexibility index (Phi) is 3.40. The number of hydrogen-bond donors (Lipinski definition) is 1. The third-order valence-electron chi connectivity index (χ3n) is 4.34. The van der Waals surface area contributed by atoms with Crippen molar-refractivity contribution in [2.75, 3.05) is 31.5 Å². The van der Waals surface area contributed by atoms with Crippen LogP contribution in [0.2, 0.25) is 0 Å². The van der Waals surface area contributed by atoms with Gasteiger partial charge in [0.2, 0.25) is 0 Å². The van der Waals surface area contributed by atoms with Gasteiger partial charge in [-0.2, -0.15) is 0 Å². The lowest BCUT2D eigenvalue weighted by atomic mass is 9.94. The number of anilines is 1. The highest BCUT2D eigenvalue weighted by atomic mass is 16.5. The fraction of sp³-hybridized carbons (Fsp3) is 0.625. The molecule has 0 aromatic heterocycles. The molecule has 1 aromatic carbocycles. The number of piperidine rings is 1. The van der Waals surface area contributed by atoms with Crippen molar-refractivity contribution in [2.24, 2.45) is 0 Å². The SMILES string of the molecule is CCN1CCCC(C)(Oc2ccc3c(c2)CCN3)C1. The molecule has 0 aliphatic carbocycles. The highest BCUT2D eigenvalue weighted by molar-refractivity contribution is 5.57. The molecule has 3 nitrogen and oxygen atoms in total. The molecular formula is C16H24N2O. The number of hydrogen-bond acceptors (Lipinski definition) is 3. The van der Waals surface area contributed by atoms with Crippen molar-refractivity contribution >= 4 is 5.69 Å². The number of nitrogens with zero attached hydrogens (tertiary/aromatic N) is 1. The molecular weight excluding hydrogens is 236 g/mol. The Labute approximate surface area is 115 Å². The number of fused-ring (bicyclic) bond motifs is 1. The zero-order valence-corrected chi connectivity index (χ0v) is 12.0. The van der Waals surface area contributed by atoms with E-state index in [1.54, 1.807) is 0 Å². The highest BCUT2D eigenvalue weighted by Crippen LogP contribution is 2.31. The number of rotatable bonds is 3. The maximum Gasteiger partial charge on any atom is 0.120 e. The van der Waals surface area contributed by atoms with Crippen LogP contribution in [0.5, 0.6) is 5.75 Å². The van der Waals surface area contributed by atoms with Crippen molar-refractivity contribution < 1.29 is 4.74 Å². The largest absolute Gasteiger partial charge is 0.486 e.